The molecule has 0 fully saturated rings. The highest BCUT2D eigenvalue weighted by Gasteiger charge is 2.24. The number of nitrogen functional groups attached to an aromatic ring is 2. The van der Waals surface area contributed by atoms with Gasteiger partial charge in [0.2, 0.25) is 0 Å². The zero-order valence-electron chi connectivity index (χ0n) is 17.7. The molecule has 0 radical (unpaired) electrons. The Morgan fingerprint density at radius 2 is 1.86 bits per heavy atom. The molecule has 0 unspecified atom stereocenters. The maximum Gasteiger partial charge on any atom is 0.269 e. The quantitative estimate of drug-likeness (QED) is 0.234. The Bertz CT molecular complexity index is 1660. The number of thiazole rings is 1. The van der Waals surface area contributed by atoms with Crippen LogP contribution < -0.4 is 16.8 Å². The lowest BCUT2D eigenvalue weighted by atomic mass is 9.97. The third-order valence-electron chi connectivity index (χ3n) is 5.22. The van der Waals surface area contributed by atoms with Crippen molar-refractivity contribution in [2.24, 2.45) is 0 Å². The molecule has 35 heavy (non-hydrogen) atoms. The van der Waals surface area contributed by atoms with Crippen LogP contribution in [0.4, 0.5) is 16.6 Å². The van der Waals surface area contributed by atoms with Gasteiger partial charge in [0.15, 0.2) is 5.13 Å². The molecule has 0 aliphatic rings. The van der Waals surface area contributed by atoms with Crippen molar-refractivity contribution in [1.29, 1.82) is 5.26 Å². The summed E-state index contributed by atoms with van der Waals surface area (Å²) >= 11 is 14.6. The van der Waals surface area contributed by atoms with Crippen LogP contribution >= 0.6 is 45.9 Å². The minimum atomic E-state index is -0.440. The van der Waals surface area contributed by atoms with Gasteiger partial charge in [0.25, 0.3) is 5.91 Å². The molecule has 11 heteroatoms. The van der Waals surface area contributed by atoms with E-state index in [-0.39, 0.29) is 21.9 Å². The molecule has 0 bridgehead atoms. The van der Waals surface area contributed by atoms with Gasteiger partial charge < -0.3 is 11.5 Å². The van der Waals surface area contributed by atoms with Crippen molar-refractivity contribution in [2.45, 2.75) is 0 Å². The van der Waals surface area contributed by atoms with Crippen molar-refractivity contribution in [3.8, 4) is 28.5 Å². The Morgan fingerprint density at radius 3 is 2.57 bits per heavy atom. The van der Waals surface area contributed by atoms with E-state index in [4.69, 9.17) is 34.7 Å². The first-order chi connectivity index (χ1) is 16.9. The number of hydrogen-bond acceptors (Lipinski definition) is 8. The van der Waals surface area contributed by atoms with E-state index in [1.165, 1.54) is 11.3 Å². The molecule has 2 aromatic carbocycles. The molecule has 3 aromatic heterocycles. The third kappa shape index (κ3) is 4.17. The molecule has 0 spiro atoms. The van der Waals surface area contributed by atoms with E-state index >= 15 is 0 Å². The molecule has 0 aliphatic carbocycles. The number of hydrogen-bond donors (Lipinski definition) is 3. The van der Waals surface area contributed by atoms with Crippen LogP contribution in [0, 0.1) is 11.3 Å². The minimum Gasteiger partial charge on any atom is -0.397 e. The number of nitrogens with zero attached hydrogens (tertiary/aromatic N) is 3. The number of anilines is 3. The van der Waals surface area contributed by atoms with Gasteiger partial charge >= 0.3 is 0 Å². The lowest BCUT2D eigenvalue weighted by molar-refractivity contribution is 0.103. The fourth-order valence-electron chi connectivity index (χ4n) is 3.65. The summed E-state index contributed by atoms with van der Waals surface area (Å²) in [7, 11) is 0. The molecule has 0 saturated carbocycles. The van der Waals surface area contributed by atoms with Crippen molar-refractivity contribution in [1.82, 2.24) is 9.97 Å². The molecule has 7 nitrogen and oxygen atoms in total. The van der Waals surface area contributed by atoms with E-state index in [1.807, 2.05) is 30.3 Å². The highest BCUT2D eigenvalue weighted by Crippen LogP contribution is 2.43. The first-order valence-electron chi connectivity index (χ1n) is 10.1. The molecule has 172 valence electrons. The number of benzene rings is 2. The molecule has 3 heterocycles. The summed E-state index contributed by atoms with van der Waals surface area (Å²) in [4.78, 5) is 22.7. The van der Waals surface area contributed by atoms with E-state index in [0.717, 1.165) is 16.9 Å². The number of nitrogens with one attached hydrogen (secondary N) is 1. The SMILES string of the molecule is N#Cc1c(N)nc2sc(C(=O)Nc3nc(-c4ccc(Cl)cc4Cl)cs3)c(N)c2c1-c1ccccc1. The topological polar surface area (TPSA) is 131 Å². The van der Waals surface area contributed by atoms with Crippen molar-refractivity contribution in [3.63, 3.8) is 0 Å². The smallest absolute Gasteiger partial charge is 0.269 e. The predicted molar refractivity (Wildman–Crippen MR) is 144 cm³/mol. The fourth-order valence-corrected chi connectivity index (χ4v) is 5.87. The number of fused-ring (bicyclic) bond motifs is 1. The number of halogens is 2. The van der Waals surface area contributed by atoms with E-state index in [1.54, 1.807) is 23.6 Å². The Kier molecular flexibility index (Phi) is 6.05. The van der Waals surface area contributed by atoms with Crippen LogP contribution in [0.15, 0.2) is 53.9 Å². The second-order valence-corrected chi connectivity index (χ2v) is 10.1. The van der Waals surface area contributed by atoms with E-state index < -0.39 is 5.91 Å². The molecule has 0 saturated heterocycles. The highest BCUT2D eigenvalue weighted by atomic mass is 35.5. The van der Waals surface area contributed by atoms with Crippen LogP contribution in [-0.2, 0) is 0 Å². The van der Waals surface area contributed by atoms with Crippen LogP contribution in [0.2, 0.25) is 10.0 Å². The van der Waals surface area contributed by atoms with E-state index in [2.05, 4.69) is 21.4 Å². The molecule has 5 aromatic rings. The summed E-state index contributed by atoms with van der Waals surface area (Å²) in [5.74, 6) is -0.360. The fraction of sp³-hybridized carbons (Fsp3) is 0. The van der Waals surface area contributed by atoms with Crippen LogP contribution in [0.5, 0.6) is 0 Å². The van der Waals surface area contributed by atoms with Crippen LogP contribution in [-0.4, -0.2) is 15.9 Å². The monoisotopic (exact) mass is 536 g/mol. The number of rotatable bonds is 4. The molecule has 1 amide bonds. The molecular weight excluding hydrogens is 523 g/mol. The van der Waals surface area contributed by atoms with Gasteiger partial charge in [0.1, 0.15) is 27.2 Å². The Morgan fingerprint density at radius 1 is 1.09 bits per heavy atom. The van der Waals surface area contributed by atoms with Gasteiger partial charge in [-0.25, -0.2) is 9.97 Å². The van der Waals surface area contributed by atoms with Gasteiger partial charge in [0.05, 0.1) is 16.4 Å². The summed E-state index contributed by atoms with van der Waals surface area (Å²) in [5.41, 5.74) is 15.6. The summed E-state index contributed by atoms with van der Waals surface area (Å²) in [5, 5.41) is 16.2. The van der Waals surface area contributed by atoms with Crippen LogP contribution in [0.3, 0.4) is 0 Å². The number of amides is 1. The lowest BCUT2D eigenvalue weighted by Gasteiger charge is -2.09. The number of nitriles is 1. The Labute approximate surface area is 217 Å². The zero-order valence-corrected chi connectivity index (χ0v) is 20.8. The maximum absolute atomic E-state index is 13.2. The predicted octanol–water partition coefficient (Wildman–Crippen LogP) is 6.68. The third-order valence-corrected chi connectivity index (χ3v) is 7.62. The molecule has 5 rings (SSSR count). The van der Waals surface area contributed by atoms with Crippen molar-refractivity contribution in [3.05, 3.63) is 74.4 Å². The minimum absolute atomic E-state index is 0.0801. The van der Waals surface area contributed by atoms with E-state index in [9.17, 15) is 10.1 Å². The first-order valence-corrected chi connectivity index (χ1v) is 12.5. The Balaban J connectivity index is 1.54. The average molecular weight is 537 g/mol. The summed E-state index contributed by atoms with van der Waals surface area (Å²) in [6.45, 7) is 0. The summed E-state index contributed by atoms with van der Waals surface area (Å²) in [6.07, 6.45) is 0. The van der Waals surface area contributed by atoms with E-state index in [0.29, 0.717) is 42.2 Å². The number of carbonyl (C=O) groups is 1. The van der Waals surface area contributed by atoms with Gasteiger partial charge in [-0.1, -0.05) is 53.5 Å². The number of nitrogens with two attached hydrogens (primary N) is 2. The molecule has 0 aliphatic heterocycles. The van der Waals surface area contributed by atoms with Gasteiger partial charge in [-0.05, 0) is 23.8 Å². The maximum atomic E-state index is 13.2. The number of aromatic nitrogens is 2. The van der Waals surface area contributed by atoms with Gasteiger partial charge in [-0.15, -0.1) is 22.7 Å². The van der Waals surface area contributed by atoms with Gasteiger partial charge in [-0.2, -0.15) is 5.26 Å². The average Bonchev–Trinajstić information content (AvgIpc) is 3.43. The van der Waals surface area contributed by atoms with Crippen molar-refractivity contribution in [2.75, 3.05) is 16.8 Å². The van der Waals surface area contributed by atoms with Crippen LogP contribution in [0.1, 0.15) is 15.2 Å². The van der Waals surface area contributed by atoms with Gasteiger partial charge in [0, 0.05) is 26.9 Å². The standard InChI is InChI=1S/C24H14Cl2N6OS2/c25-12-6-7-13(15(26)8-12)16-10-34-24(30-16)32-22(33)20-19(28)18-17(11-4-2-1-3-5-11)14(9-27)21(29)31-23(18)35-20/h1-8,10H,28H2,(H2,29,31)(H,30,32,33). The second-order valence-electron chi connectivity index (χ2n) is 7.37. The highest BCUT2D eigenvalue weighted by molar-refractivity contribution is 7.21. The Hall–Kier alpha value is -3.68. The molecule has 5 N–H and O–H groups in total. The molecular formula is C24H14Cl2N6OS2. The lowest BCUT2D eigenvalue weighted by Crippen LogP contribution is -2.11. The van der Waals surface area contributed by atoms with Crippen molar-refractivity contribution < 1.29 is 4.79 Å². The molecule has 0 atom stereocenters. The summed E-state index contributed by atoms with van der Waals surface area (Å²) in [6, 6.07) is 16.5. The van der Waals surface area contributed by atoms with Crippen molar-refractivity contribution >= 4 is 78.6 Å². The first kappa shape index (κ1) is 23.1. The van der Waals surface area contributed by atoms with Gasteiger partial charge in [-0.3, -0.25) is 10.1 Å². The second kappa shape index (κ2) is 9.17. The number of thiophene rings is 1. The summed E-state index contributed by atoms with van der Waals surface area (Å²) < 4.78 is 0. The number of carbonyl (C=O) groups excluding carboxylic acids is 1. The number of pyridine rings is 1. The zero-order chi connectivity index (χ0) is 24.7. The normalized spacial score (nSPS) is 10.9. The largest absolute Gasteiger partial charge is 0.397 e. The van der Waals surface area contributed by atoms with Crippen LogP contribution in [0.25, 0.3) is 32.6 Å².